The Balaban J connectivity index is 1.85. The minimum Gasteiger partial charge on any atom is -0.490 e. The van der Waals surface area contributed by atoms with E-state index in [2.05, 4.69) is 0 Å². The molecular weight excluding hydrogens is 384 g/mol. The molecule has 0 aromatic heterocycles. The number of halogens is 4. The van der Waals surface area contributed by atoms with Gasteiger partial charge >= 0.3 is 11.9 Å². The van der Waals surface area contributed by atoms with Gasteiger partial charge in [0.25, 0.3) is 0 Å². The monoisotopic (exact) mass is 400 g/mol. The highest BCUT2D eigenvalue weighted by Gasteiger charge is 2.31. The minimum atomic E-state index is -4.43. The number of morpholine rings is 1. The highest BCUT2D eigenvalue weighted by Crippen LogP contribution is 2.36. The number of nitro benzene ring substituents is 1. The van der Waals surface area contributed by atoms with E-state index in [-0.39, 0.29) is 24.6 Å². The number of nitro groups is 1. The molecule has 2 aromatic rings. The highest BCUT2D eigenvalue weighted by atomic mass is 19.4. The van der Waals surface area contributed by atoms with Crippen LogP contribution in [-0.4, -0.2) is 31.7 Å². The standard InChI is InChI=1S/C18H16F4N2O4/c1-27-16-9-14(13(19)8-15(16)24(25)26)23-6-7-28-17(10-23)11-2-4-12(5-3-11)18(20,21)22/h2-5,8-9,17H,6-7,10H2,1H3. The van der Waals surface area contributed by atoms with Crippen molar-refractivity contribution < 1.29 is 32.0 Å². The Morgan fingerprint density at radius 1 is 1.25 bits per heavy atom. The van der Waals surface area contributed by atoms with E-state index in [4.69, 9.17) is 9.47 Å². The Kier molecular flexibility index (Phi) is 5.41. The molecule has 0 saturated carbocycles. The summed E-state index contributed by atoms with van der Waals surface area (Å²) >= 11 is 0. The van der Waals surface area contributed by atoms with Crippen LogP contribution < -0.4 is 9.64 Å². The maximum atomic E-state index is 14.5. The molecule has 150 valence electrons. The topological polar surface area (TPSA) is 64.8 Å². The number of anilines is 1. The van der Waals surface area contributed by atoms with Crippen LogP contribution in [0.15, 0.2) is 36.4 Å². The van der Waals surface area contributed by atoms with E-state index in [1.807, 2.05) is 0 Å². The number of methoxy groups -OCH3 is 1. The first kappa shape index (κ1) is 19.9. The fourth-order valence-electron chi connectivity index (χ4n) is 3.04. The lowest BCUT2D eigenvalue weighted by atomic mass is 10.0. The molecular formula is C18H16F4N2O4. The molecule has 1 aliphatic rings. The van der Waals surface area contributed by atoms with Crippen molar-refractivity contribution in [1.29, 1.82) is 0 Å². The fourth-order valence-corrected chi connectivity index (χ4v) is 3.04. The average Bonchev–Trinajstić information content (AvgIpc) is 2.67. The van der Waals surface area contributed by atoms with Crippen LogP contribution in [0.25, 0.3) is 0 Å². The van der Waals surface area contributed by atoms with E-state index in [1.165, 1.54) is 25.3 Å². The number of nitrogens with zero attached hydrogens (tertiary/aromatic N) is 2. The zero-order valence-corrected chi connectivity index (χ0v) is 14.7. The molecule has 1 heterocycles. The summed E-state index contributed by atoms with van der Waals surface area (Å²) in [6.45, 7) is 0.697. The van der Waals surface area contributed by atoms with Gasteiger partial charge in [0.15, 0.2) is 11.6 Å². The first-order chi connectivity index (χ1) is 13.2. The summed E-state index contributed by atoms with van der Waals surface area (Å²) in [6.07, 6.45) is -5.01. The molecule has 28 heavy (non-hydrogen) atoms. The Morgan fingerprint density at radius 2 is 1.93 bits per heavy atom. The van der Waals surface area contributed by atoms with Crippen molar-refractivity contribution in [1.82, 2.24) is 0 Å². The molecule has 1 atom stereocenters. The van der Waals surface area contributed by atoms with Crippen LogP contribution >= 0.6 is 0 Å². The van der Waals surface area contributed by atoms with Gasteiger partial charge in [0.05, 0.1) is 36.0 Å². The van der Waals surface area contributed by atoms with Crippen molar-refractivity contribution in [2.45, 2.75) is 12.3 Å². The van der Waals surface area contributed by atoms with E-state index >= 15 is 0 Å². The predicted molar refractivity (Wildman–Crippen MR) is 92.0 cm³/mol. The molecule has 0 aliphatic carbocycles. The number of rotatable bonds is 4. The van der Waals surface area contributed by atoms with Crippen LogP contribution in [0.2, 0.25) is 0 Å². The molecule has 1 aliphatic heterocycles. The Bertz CT molecular complexity index is 871. The van der Waals surface area contributed by atoms with Crippen molar-refractivity contribution in [2.75, 3.05) is 31.7 Å². The maximum absolute atomic E-state index is 14.5. The third kappa shape index (κ3) is 4.01. The third-order valence-electron chi connectivity index (χ3n) is 4.46. The van der Waals surface area contributed by atoms with Crippen molar-refractivity contribution in [2.24, 2.45) is 0 Å². The van der Waals surface area contributed by atoms with Gasteiger partial charge in [0.2, 0.25) is 0 Å². The van der Waals surface area contributed by atoms with Gasteiger partial charge < -0.3 is 14.4 Å². The summed E-state index contributed by atoms with van der Waals surface area (Å²) in [6, 6.07) is 6.60. The quantitative estimate of drug-likeness (QED) is 0.434. The van der Waals surface area contributed by atoms with Gasteiger partial charge in [-0.05, 0) is 17.7 Å². The smallest absolute Gasteiger partial charge is 0.416 e. The summed E-state index contributed by atoms with van der Waals surface area (Å²) in [4.78, 5) is 11.9. The average molecular weight is 400 g/mol. The highest BCUT2D eigenvalue weighted by molar-refractivity contribution is 5.60. The number of hydrogen-bond acceptors (Lipinski definition) is 5. The lowest BCUT2D eigenvalue weighted by Gasteiger charge is -2.35. The van der Waals surface area contributed by atoms with Crippen LogP contribution in [0, 0.1) is 15.9 Å². The molecule has 6 nitrogen and oxygen atoms in total. The van der Waals surface area contributed by atoms with E-state index in [1.54, 1.807) is 4.90 Å². The van der Waals surface area contributed by atoms with Crippen LogP contribution in [0.1, 0.15) is 17.2 Å². The lowest BCUT2D eigenvalue weighted by molar-refractivity contribution is -0.385. The molecule has 1 unspecified atom stereocenters. The van der Waals surface area contributed by atoms with E-state index < -0.39 is 34.3 Å². The largest absolute Gasteiger partial charge is 0.490 e. The molecule has 2 aromatic carbocycles. The molecule has 1 saturated heterocycles. The van der Waals surface area contributed by atoms with Gasteiger partial charge in [-0.2, -0.15) is 13.2 Å². The predicted octanol–water partition coefficient (Wildman–Crippen LogP) is 4.34. The number of alkyl halides is 3. The van der Waals surface area contributed by atoms with Gasteiger partial charge in [-0.15, -0.1) is 0 Å². The van der Waals surface area contributed by atoms with E-state index in [0.29, 0.717) is 12.1 Å². The van der Waals surface area contributed by atoms with E-state index in [0.717, 1.165) is 18.2 Å². The second-order valence-corrected chi connectivity index (χ2v) is 6.16. The zero-order valence-electron chi connectivity index (χ0n) is 14.7. The lowest BCUT2D eigenvalue weighted by Crippen LogP contribution is -2.38. The van der Waals surface area contributed by atoms with Crippen molar-refractivity contribution in [3.63, 3.8) is 0 Å². The van der Waals surface area contributed by atoms with Crippen LogP contribution in [0.3, 0.4) is 0 Å². The van der Waals surface area contributed by atoms with Gasteiger partial charge in [-0.25, -0.2) is 4.39 Å². The van der Waals surface area contributed by atoms with Crippen molar-refractivity contribution >= 4 is 11.4 Å². The molecule has 0 bridgehead atoms. The zero-order chi connectivity index (χ0) is 20.5. The van der Waals surface area contributed by atoms with Gasteiger partial charge in [0.1, 0.15) is 6.10 Å². The normalized spacial score (nSPS) is 17.5. The minimum absolute atomic E-state index is 0.0843. The molecule has 0 radical (unpaired) electrons. The molecule has 1 fully saturated rings. The Hall–Kier alpha value is -2.88. The van der Waals surface area contributed by atoms with E-state index in [9.17, 15) is 27.7 Å². The summed E-state index contributed by atoms with van der Waals surface area (Å²) < 4.78 is 63.2. The summed E-state index contributed by atoms with van der Waals surface area (Å²) in [5.74, 6) is -0.875. The second-order valence-electron chi connectivity index (χ2n) is 6.16. The SMILES string of the molecule is COc1cc(N2CCOC(c3ccc(C(F)(F)F)cc3)C2)c(F)cc1[N+](=O)[O-]. The van der Waals surface area contributed by atoms with Gasteiger partial charge in [-0.3, -0.25) is 10.1 Å². The molecule has 0 amide bonds. The third-order valence-corrected chi connectivity index (χ3v) is 4.46. The summed E-state index contributed by atoms with van der Waals surface area (Å²) in [7, 11) is 1.24. The van der Waals surface area contributed by atoms with Crippen LogP contribution in [-0.2, 0) is 10.9 Å². The number of hydrogen-bond donors (Lipinski definition) is 0. The first-order valence-electron chi connectivity index (χ1n) is 8.26. The maximum Gasteiger partial charge on any atom is 0.416 e. The summed E-state index contributed by atoms with van der Waals surface area (Å²) in [5, 5.41) is 11.0. The van der Waals surface area contributed by atoms with Crippen molar-refractivity contribution in [3.8, 4) is 5.75 Å². The first-order valence-corrected chi connectivity index (χ1v) is 8.26. The molecule has 0 N–H and O–H groups in total. The fraction of sp³-hybridized carbons (Fsp3) is 0.333. The number of ether oxygens (including phenoxy) is 2. The number of benzene rings is 2. The molecule has 3 rings (SSSR count). The van der Waals surface area contributed by atoms with Crippen LogP contribution in [0.4, 0.5) is 28.9 Å². The van der Waals surface area contributed by atoms with Crippen LogP contribution in [0.5, 0.6) is 5.75 Å². The molecule has 10 heteroatoms. The summed E-state index contributed by atoms with van der Waals surface area (Å²) in [5.41, 5.74) is -0.638. The van der Waals surface area contributed by atoms with Gasteiger partial charge in [0, 0.05) is 19.2 Å². The Morgan fingerprint density at radius 3 is 2.50 bits per heavy atom. The Labute approximate surface area is 157 Å². The van der Waals surface area contributed by atoms with Crippen molar-refractivity contribution in [3.05, 3.63) is 63.5 Å². The van der Waals surface area contributed by atoms with Gasteiger partial charge in [-0.1, -0.05) is 12.1 Å². The second kappa shape index (κ2) is 7.63. The molecule has 0 spiro atoms.